The number of carboxylic acids is 1. The summed E-state index contributed by atoms with van der Waals surface area (Å²) in [7, 11) is 0. The lowest BCUT2D eigenvalue weighted by Gasteiger charge is -2.14. The van der Waals surface area contributed by atoms with Gasteiger partial charge in [0.25, 0.3) is 0 Å². The van der Waals surface area contributed by atoms with Crippen molar-refractivity contribution in [2.45, 2.75) is 32.6 Å². The maximum atomic E-state index is 11.3. The Balaban J connectivity index is 2.25. The first-order valence-corrected chi connectivity index (χ1v) is 6.09. The van der Waals surface area contributed by atoms with Crippen molar-refractivity contribution >= 4 is 5.97 Å². The van der Waals surface area contributed by atoms with Crippen molar-refractivity contribution in [3.8, 4) is 5.75 Å². The minimum Gasteiger partial charge on any atom is -0.494 e. The molecule has 1 aliphatic carbocycles. The largest absolute Gasteiger partial charge is 0.494 e. The van der Waals surface area contributed by atoms with E-state index >= 15 is 0 Å². The Morgan fingerprint density at radius 3 is 2.71 bits per heavy atom. The molecular weight excluding hydrogens is 216 g/mol. The molecule has 1 unspecified atom stereocenters. The molecule has 1 aromatic carbocycles. The van der Waals surface area contributed by atoms with E-state index in [2.05, 4.69) is 0 Å². The minimum absolute atomic E-state index is 0.324. The Bertz CT molecular complexity index is 421. The number of rotatable bonds is 5. The highest BCUT2D eigenvalue weighted by Crippen LogP contribution is 2.43. The fourth-order valence-corrected chi connectivity index (χ4v) is 2.23. The Hall–Kier alpha value is -1.51. The van der Waals surface area contributed by atoms with Crippen molar-refractivity contribution in [3.05, 3.63) is 29.3 Å². The predicted molar refractivity (Wildman–Crippen MR) is 65.4 cm³/mol. The fourth-order valence-electron chi connectivity index (χ4n) is 2.23. The van der Waals surface area contributed by atoms with Crippen LogP contribution in [0.3, 0.4) is 0 Å². The first-order chi connectivity index (χ1) is 8.13. The molecule has 3 heteroatoms. The summed E-state index contributed by atoms with van der Waals surface area (Å²) in [6, 6.07) is 5.71. The zero-order valence-corrected chi connectivity index (χ0v) is 10.3. The lowest BCUT2D eigenvalue weighted by atomic mass is 9.93. The van der Waals surface area contributed by atoms with Gasteiger partial charge in [0, 0.05) is 0 Å². The number of carboxylic acid groups (broad SMARTS) is 1. The van der Waals surface area contributed by atoms with Gasteiger partial charge in [-0.3, -0.25) is 4.79 Å². The molecule has 0 saturated heterocycles. The monoisotopic (exact) mass is 234 g/mol. The highest BCUT2D eigenvalue weighted by Gasteiger charge is 2.37. The average Bonchev–Trinajstić information content (AvgIpc) is 3.06. The molecular formula is C14H18O3. The molecule has 0 spiro atoms. The van der Waals surface area contributed by atoms with Gasteiger partial charge in [-0.2, -0.15) is 0 Å². The van der Waals surface area contributed by atoms with E-state index in [9.17, 15) is 9.90 Å². The SMILES string of the molecule is CCOc1ccc(C(C(=O)O)C2CC2)cc1C. The third-order valence-corrected chi connectivity index (χ3v) is 3.22. The Kier molecular flexibility index (Phi) is 3.36. The molecule has 3 nitrogen and oxygen atoms in total. The molecule has 1 aliphatic rings. The quantitative estimate of drug-likeness (QED) is 0.852. The van der Waals surface area contributed by atoms with E-state index in [1.807, 2.05) is 32.0 Å². The average molecular weight is 234 g/mol. The molecule has 0 bridgehead atoms. The molecule has 1 fully saturated rings. The number of aliphatic carboxylic acids is 1. The smallest absolute Gasteiger partial charge is 0.311 e. The fraction of sp³-hybridized carbons (Fsp3) is 0.500. The van der Waals surface area contributed by atoms with Gasteiger partial charge in [0.1, 0.15) is 5.75 Å². The standard InChI is InChI=1S/C14H18O3/c1-3-17-12-7-6-11(8-9(12)2)13(14(15)16)10-4-5-10/h6-8,10,13H,3-5H2,1-2H3,(H,15,16). The number of benzene rings is 1. The third kappa shape index (κ3) is 2.60. The summed E-state index contributed by atoms with van der Waals surface area (Å²) in [5.74, 6) is 0.112. The molecule has 0 radical (unpaired) electrons. The van der Waals surface area contributed by atoms with Crippen LogP contribution in [0.5, 0.6) is 5.75 Å². The molecule has 0 amide bonds. The summed E-state index contributed by atoms with van der Waals surface area (Å²) in [4.78, 5) is 11.3. The van der Waals surface area contributed by atoms with E-state index in [0.717, 1.165) is 29.7 Å². The van der Waals surface area contributed by atoms with Crippen LogP contribution in [0.15, 0.2) is 18.2 Å². The molecule has 1 atom stereocenters. The summed E-state index contributed by atoms with van der Waals surface area (Å²) in [5.41, 5.74) is 1.91. The van der Waals surface area contributed by atoms with E-state index in [1.54, 1.807) is 0 Å². The molecule has 92 valence electrons. The van der Waals surface area contributed by atoms with Crippen LogP contribution in [0, 0.1) is 12.8 Å². The minimum atomic E-state index is -0.712. The summed E-state index contributed by atoms with van der Waals surface area (Å²) < 4.78 is 5.46. The van der Waals surface area contributed by atoms with Crippen LogP contribution in [0.4, 0.5) is 0 Å². The van der Waals surface area contributed by atoms with Crippen molar-refractivity contribution in [2.75, 3.05) is 6.61 Å². The Morgan fingerprint density at radius 2 is 2.24 bits per heavy atom. The van der Waals surface area contributed by atoms with Gasteiger partial charge in [0.2, 0.25) is 0 Å². The van der Waals surface area contributed by atoms with E-state index in [-0.39, 0.29) is 5.92 Å². The topological polar surface area (TPSA) is 46.5 Å². The van der Waals surface area contributed by atoms with Crippen LogP contribution in [0.2, 0.25) is 0 Å². The van der Waals surface area contributed by atoms with Gasteiger partial charge in [0.05, 0.1) is 12.5 Å². The second-order valence-corrected chi connectivity index (χ2v) is 4.61. The van der Waals surface area contributed by atoms with E-state index in [0.29, 0.717) is 12.5 Å². The third-order valence-electron chi connectivity index (χ3n) is 3.22. The lowest BCUT2D eigenvalue weighted by molar-refractivity contribution is -0.139. The predicted octanol–water partition coefficient (Wildman–Crippen LogP) is 2.97. The number of aryl methyl sites for hydroxylation is 1. The molecule has 1 saturated carbocycles. The van der Waals surface area contributed by atoms with E-state index < -0.39 is 5.97 Å². The molecule has 0 aliphatic heterocycles. The molecule has 1 aromatic rings. The first-order valence-electron chi connectivity index (χ1n) is 6.09. The van der Waals surface area contributed by atoms with Gasteiger partial charge < -0.3 is 9.84 Å². The maximum absolute atomic E-state index is 11.3. The van der Waals surface area contributed by atoms with Crippen molar-refractivity contribution in [1.29, 1.82) is 0 Å². The van der Waals surface area contributed by atoms with Crippen molar-refractivity contribution in [2.24, 2.45) is 5.92 Å². The zero-order chi connectivity index (χ0) is 12.4. The summed E-state index contributed by atoms with van der Waals surface area (Å²) in [6.07, 6.45) is 2.06. The van der Waals surface area contributed by atoms with Crippen molar-refractivity contribution < 1.29 is 14.6 Å². The highest BCUT2D eigenvalue weighted by molar-refractivity contribution is 5.77. The van der Waals surface area contributed by atoms with Crippen LogP contribution < -0.4 is 4.74 Å². The molecule has 0 aromatic heterocycles. The maximum Gasteiger partial charge on any atom is 0.311 e. The summed E-state index contributed by atoms with van der Waals surface area (Å²) in [6.45, 7) is 4.53. The van der Waals surface area contributed by atoms with Gasteiger partial charge in [-0.25, -0.2) is 0 Å². The molecule has 1 N–H and O–H groups in total. The summed E-state index contributed by atoms with van der Waals surface area (Å²) >= 11 is 0. The highest BCUT2D eigenvalue weighted by atomic mass is 16.5. The molecule has 0 heterocycles. The van der Waals surface area contributed by atoms with Gasteiger partial charge in [-0.1, -0.05) is 12.1 Å². The summed E-state index contributed by atoms with van der Waals surface area (Å²) in [5, 5.41) is 9.27. The van der Waals surface area contributed by atoms with E-state index in [1.165, 1.54) is 0 Å². The number of hydrogen-bond acceptors (Lipinski definition) is 2. The van der Waals surface area contributed by atoms with E-state index in [4.69, 9.17) is 4.74 Å². The number of carbonyl (C=O) groups is 1. The van der Waals surface area contributed by atoms with Crippen LogP contribution in [-0.2, 0) is 4.79 Å². The van der Waals surface area contributed by atoms with Gasteiger partial charge in [0.15, 0.2) is 0 Å². The lowest BCUT2D eigenvalue weighted by Crippen LogP contribution is -2.13. The van der Waals surface area contributed by atoms with Gasteiger partial charge >= 0.3 is 5.97 Å². The normalized spacial score (nSPS) is 16.6. The van der Waals surface area contributed by atoms with Crippen LogP contribution in [-0.4, -0.2) is 17.7 Å². The molecule has 2 rings (SSSR count). The van der Waals surface area contributed by atoms with Gasteiger partial charge in [-0.15, -0.1) is 0 Å². The van der Waals surface area contributed by atoms with Crippen LogP contribution >= 0.6 is 0 Å². The first kappa shape index (κ1) is 12.0. The second kappa shape index (κ2) is 4.78. The Morgan fingerprint density at radius 1 is 1.53 bits per heavy atom. The number of ether oxygens (including phenoxy) is 1. The second-order valence-electron chi connectivity index (χ2n) is 4.61. The van der Waals surface area contributed by atoms with Crippen molar-refractivity contribution in [1.82, 2.24) is 0 Å². The van der Waals surface area contributed by atoms with Crippen LogP contribution in [0.25, 0.3) is 0 Å². The zero-order valence-electron chi connectivity index (χ0n) is 10.3. The Labute approximate surface area is 101 Å². The van der Waals surface area contributed by atoms with Crippen LogP contribution in [0.1, 0.15) is 36.8 Å². The van der Waals surface area contributed by atoms with Crippen molar-refractivity contribution in [3.63, 3.8) is 0 Å². The van der Waals surface area contributed by atoms with Gasteiger partial charge in [-0.05, 0) is 49.8 Å². The molecule has 17 heavy (non-hydrogen) atoms. The number of hydrogen-bond donors (Lipinski definition) is 1.